The molecule has 0 bridgehead atoms. The van der Waals surface area contributed by atoms with Crippen LogP contribution in [0.3, 0.4) is 0 Å². The Kier molecular flexibility index (Phi) is 6.92. The predicted molar refractivity (Wildman–Crippen MR) is 126 cm³/mol. The van der Waals surface area contributed by atoms with E-state index in [2.05, 4.69) is 5.32 Å². The Balaban J connectivity index is 1.99. The molecule has 0 aliphatic heterocycles. The summed E-state index contributed by atoms with van der Waals surface area (Å²) in [5.41, 5.74) is 0.585. The highest BCUT2D eigenvalue weighted by molar-refractivity contribution is 7.93. The van der Waals surface area contributed by atoms with Crippen LogP contribution in [-0.4, -0.2) is 35.5 Å². The van der Waals surface area contributed by atoms with Gasteiger partial charge in [0.15, 0.2) is 9.84 Å². The molecule has 3 aromatic carbocycles. The number of nitrogens with zero attached hydrogens (tertiary/aromatic N) is 1. The Morgan fingerprint density at radius 3 is 2.16 bits per heavy atom. The fourth-order valence-corrected chi connectivity index (χ4v) is 6.02. The van der Waals surface area contributed by atoms with E-state index in [1.807, 2.05) is 0 Å². The van der Waals surface area contributed by atoms with Gasteiger partial charge in [0.05, 0.1) is 21.2 Å². The summed E-state index contributed by atoms with van der Waals surface area (Å²) in [6.07, 6.45) is 1.01. The number of nitrogens with one attached hydrogen (secondary N) is 1. The van der Waals surface area contributed by atoms with Crippen LogP contribution in [0.4, 0.5) is 11.4 Å². The SMILES string of the molecule is CCN(c1ccccc1)S(=O)(=O)c1cc(NC(=O)c2ccccc2S(C)(=O)=O)ccc1Cl. The van der Waals surface area contributed by atoms with Crippen molar-refractivity contribution in [1.29, 1.82) is 0 Å². The molecule has 0 aromatic heterocycles. The van der Waals surface area contributed by atoms with Crippen molar-refractivity contribution in [3.05, 3.63) is 83.4 Å². The summed E-state index contributed by atoms with van der Waals surface area (Å²) >= 11 is 6.21. The second-order valence-electron chi connectivity index (χ2n) is 6.87. The lowest BCUT2D eigenvalue weighted by Gasteiger charge is -2.23. The van der Waals surface area contributed by atoms with Gasteiger partial charge in [0.1, 0.15) is 4.90 Å². The molecule has 3 aromatic rings. The number of hydrogen-bond donors (Lipinski definition) is 1. The standard InChI is InChI=1S/C22H21ClN2O5S2/c1-3-25(17-9-5-4-6-10-17)32(29,30)21-15-16(13-14-19(21)23)24-22(26)18-11-7-8-12-20(18)31(2,27)28/h4-15H,3H2,1-2H3,(H,24,26). The van der Waals surface area contributed by atoms with Crippen LogP contribution in [0, 0.1) is 0 Å². The van der Waals surface area contributed by atoms with Gasteiger partial charge in [-0.25, -0.2) is 16.8 Å². The second kappa shape index (κ2) is 9.32. The van der Waals surface area contributed by atoms with E-state index >= 15 is 0 Å². The third kappa shape index (κ3) is 4.95. The molecule has 0 saturated carbocycles. The number of anilines is 2. The summed E-state index contributed by atoms with van der Waals surface area (Å²) in [6.45, 7) is 1.87. The third-order valence-corrected chi connectivity index (χ3v) is 8.16. The first kappa shape index (κ1) is 23.8. The number of amides is 1. The normalized spacial score (nSPS) is 11.7. The van der Waals surface area contributed by atoms with E-state index in [0.29, 0.717) is 5.69 Å². The summed E-state index contributed by atoms with van der Waals surface area (Å²) in [7, 11) is -7.67. The van der Waals surface area contributed by atoms with Crippen molar-refractivity contribution in [2.75, 3.05) is 22.4 Å². The largest absolute Gasteiger partial charge is 0.322 e. The van der Waals surface area contributed by atoms with Crippen molar-refractivity contribution < 1.29 is 21.6 Å². The maximum absolute atomic E-state index is 13.3. The number of carbonyl (C=O) groups excluding carboxylic acids is 1. The molecular formula is C22H21ClN2O5S2. The molecule has 3 rings (SSSR count). The molecular weight excluding hydrogens is 472 g/mol. The molecule has 1 N–H and O–H groups in total. The van der Waals surface area contributed by atoms with E-state index in [1.54, 1.807) is 43.3 Å². The average Bonchev–Trinajstić information content (AvgIpc) is 2.75. The molecule has 0 unspecified atom stereocenters. The molecule has 168 valence electrons. The summed E-state index contributed by atoms with van der Waals surface area (Å²) in [4.78, 5) is 12.5. The lowest BCUT2D eigenvalue weighted by atomic mass is 10.2. The van der Waals surface area contributed by atoms with Crippen LogP contribution in [0.15, 0.2) is 82.6 Å². The summed E-state index contributed by atoms with van der Waals surface area (Å²) in [5.74, 6) is -0.688. The maximum atomic E-state index is 13.3. The molecule has 0 spiro atoms. The molecule has 0 fully saturated rings. The monoisotopic (exact) mass is 492 g/mol. The summed E-state index contributed by atoms with van der Waals surface area (Å²) < 4.78 is 51.9. The van der Waals surface area contributed by atoms with Gasteiger partial charge in [-0.15, -0.1) is 0 Å². The molecule has 10 heteroatoms. The van der Waals surface area contributed by atoms with E-state index in [-0.39, 0.29) is 32.6 Å². The molecule has 1 amide bonds. The van der Waals surface area contributed by atoms with Gasteiger partial charge in [-0.3, -0.25) is 9.10 Å². The second-order valence-corrected chi connectivity index (χ2v) is 11.1. The van der Waals surface area contributed by atoms with Gasteiger partial charge in [-0.2, -0.15) is 0 Å². The topological polar surface area (TPSA) is 101 Å². The van der Waals surface area contributed by atoms with Crippen LogP contribution in [0.5, 0.6) is 0 Å². The van der Waals surface area contributed by atoms with Crippen molar-refractivity contribution in [3.63, 3.8) is 0 Å². The van der Waals surface area contributed by atoms with Gasteiger partial charge < -0.3 is 5.32 Å². The molecule has 7 nitrogen and oxygen atoms in total. The summed E-state index contributed by atoms with van der Waals surface area (Å²) in [6, 6.07) is 18.4. The number of benzene rings is 3. The number of sulfone groups is 1. The van der Waals surface area contributed by atoms with Gasteiger partial charge in [-0.1, -0.05) is 41.9 Å². The zero-order valence-electron chi connectivity index (χ0n) is 17.3. The van der Waals surface area contributed by atoms with Crippen LogP contribution in [0.25, 0.3) is 0 Å². The lowest BCUT2D eigenvalue weighted by Crippen LogP contribution is -2.31. The zero-order valence-corrected chi connectivity index (χ0v) is 19.7. The van der Waals surface area contributed by atoms with Gasteiger partial charge in [0, 0.05) is 18.5 Å². The first-order valence-corrected chi connectivity index (χ1v) is 13.2. The van der Waals surface area contributed by atoms with Crippen molar-refractivity contribution in [3.8, 4) is 0 Å². The summed E-state index contributed by atoms with van der Waals surface area (Å²) in [5, 5.41) is 2.56. The minimum absolute atomic E-state index is 0.00563. The number of carbonyl (C=O) groups is 1. The van der Waals surface area contributed by atoms with Crippen molar-refractivity contribution in [2.45, 2.75) is 16.7 Å². The highest BCUT2D eigenvalue weighted by atomic mass is 35.5. The van der Waals surface area contributed by atoms with Crippen LogP contribution in [0.2, 0.25) is 5.02 Å². The Labute approximate surface area is 192 Å². The van der Waals surface area contributed by atoms with Crippen molar-refractivity contribution >= 4 is 48.7 Å². The Bertz CT molecular complexity index is 1360. The van der Waals surface area contributed by atoms with E-state index in [9.17, 15) is 21.6 Å². The Morgan fingerprint density at radius 1 is 0.906 bits per heavy atom. The van der Waals surface area contributed by atoms with E-state index in [4.69, 9.17) is 11.6 Å². The number of para-hydroxylation sites is 1. The maximum Gasteiger partial charge on any atom is 0.265 e. The van der Waals surface area contributed by atoms with Gasteiger partial charge in [0.2, 0.25) is 0 Å². The zero-order chi connectivity index (χ0) is 23.5. The van der Waals surface area contributed by atoms with Crippen LogP contribution >= 0.6 is 11.6 Å². The minimum Gasteiger partial charge on any atom is -0.322 e. The number of sulfonamides is 1. The molecule has 32 heavy (non-hydrogen) atoms. The fourth-order valence-electron chi connectivity index (χ4n) is 3.16. The molecule has 0 atom stereocenters. The highest BCUT2D eigenvalue weighted by Gasteiger charge is 2.27. The first-order valence-electron chi connectivity index (χ1n) is 9.53. The van der Waals surface area contributed by atoms with Gasteiger partial charge in [-0.05, 0) is 49.4 Å². The van der Waals surface area contributed by atoms with E-state index in [0.717, 1.165) is 6.26 Å². The minimum atomic E-state index is -4.03. The van der Waals surface area contributed by atoms with Crippen LogP contribution in [0.1, 0.15) is 17.3 Å². The van der Waals surface area contributed by atoms with Crippen molar-refractivity contribution in [2.24, 2.45) is 0 Å². The van der Waals surface area contributed by atoms with Gasteiger partial charge >= 0.3 is 0 Å². The molecule has 0 radical (unpaired) electrons. The van der Waals surface area contributed by atoms with Gasteiger partial charge in [0.25, 0.3) is 15.9 Å². The molecule has 0 saturated heterocycles. The average molecular weight is 493 g/mol. The van der Waals surface area contributed by atoms with Crippen molar-refractivity contribution in [1.82, 2.24) is 0 Å². The number of rotatable bonds is 7. The number of hydrogen-bond acceptors (Lipinski definition) is 5. The molecule has 0 aliphatic rings. The smallest absolute Gasteiger partial charge is 0.265 e. The fraction of sp³-hybridized carbons (Fsp3) is 0.136. The highest BCUT2D eigenvalue weighted by Crippen LogP contribution is 2.31. The van der Waals surface area contributed by atoms with Crippen LogP contribution < -0.4 is 9.62 Å². The quantitative estimate of drug-likeness (QED) is 0.532. The Morgan fingerprint density at radius 2 is 1.53 bits per heavy atom. The van der Waals surface area contributed by atoms with E-state index in [1.165, 1.54) is 40.7 Å². The third-order valence-electron chi connectivity index (χ3n) is 4.62. The molecule has 0 aliphatic carbocycles. The lowest BCUT2D eigenvalue weighted by molar-refractivity contribution is 0.102. The first-order chi connectivity index (χ1) is 15.1. The van der Waals surface area contributed by atoms with Crippen LogP contribution in [-0.2, 0) is 19.9 Å². The Hall–Kier alpha value is -2.88. The molecule has 0 heterocycles. The predicted octanol–water partition coefficient (Wildman–Crippen LogP) is 4.21. The number of halogens is 1. The van der Waals surface area contributed by atoms with E-state index < -0.39 is 25.8 Å².